The molecule has 1 N–H and O–H groups in total. The molecule has 0 aromatic heterocycles. The zero-order valence-electron chi connectivity index (χ0n) is 16.0. The molecule has 1 amide bonds. The number of hydrogen-bond donors (Lipinski definition) is 1. The lowest BCUT2D eigenvalue weighted by atomic mass is 9.94. The molecule has 0 bridgehead atoms. The molecule has 1 aromatic carbocycles. The third-order valence-electron chi connectivity index (χ3n) is 5.70. The molecule has 29 heavy (non-hydrogen) atoms. The van der Waals surface area contributed by atoms with Crippen LogP contribution in [-0.2, 0) is 28.5 Å². The molecule has 0 aliphatic carbocycles. The summed E-state index contributed by atoms with van der Waals surface area (Å²) in [5.74, 6) is -0.00145. The Labute approximate surface area is 164 Å². The van der Waals surface area contributed by atoms with E-state index in [0.29, 0.717) is 31.5 Å². The number of ether oxygens (including phenoxy) is 1. The summed E-state index contributed by atoms with van der Waals surface area (Å²) in [6, 6.07) is 1.51. The van der Waals surface area contributed by atoms with Crippen molar-refractivity contribution in [2.75, 3.05) is 20.2 Å². The van der Waals surface area contributed by atoms with E-state index in [-0.39, 0.29) is 42.7 Å². The first-order valence-corrected chi connectivity index (χ1v) is 9.19. The smallest absolute Gasteiger partial charge is 0.376 e. The number of nitrogens with one attached hydrogen (secondary N) is 1. The Morgan fingerprint density at radius 3 is 2.21 bits per heavy atom. The van der Waals surface area contributed by atoms with Crippen LogP contribution in [0, 0.1) is 5.92 Å². The molecule has 3 atom stereocenters. The second-order valence-corrected chi connectivity index (χ2v) is 7.93. The van der Waals surface area contributed by atoms with Crippen LogP contribution in [0.4, 0.5) is 26.3 Å². The molecule has 0 saturated carbocycles. The van der Waals surface area contributed by atoms with Gasteiger partial charge in [0.2, 0.25) is 5.91 Å². The van der Waals surface area contributed by atoms with Gasteiger partial charge < -0.3 is 15.0 Å². The van der Waals surface area contributed by atoms with Crippen molar-refractivity contribution < 1.29 is 35.9 Å². The third kappa shape index (κ3) is 4.53. The van der Waals surface area contributed by atoms with Gasteiger partial charge in [0.25, 0.3) is 0 Å². The van der Waals surface area contributed by atoms with Crippen LogP contribution >= 0.6 is 0 Å². The number of rotatable bonds is 5. The second-order valence-electron chi connectivity index (χ2n) is 7.93. The number of likely N-dealkylation sites (N-methyl/N-ethyl adjacent to an activating group) is 1. The number of nitrogens with zero attached hydrogens (tertiary/aromatic N) is 1. The Bertz CT molecular complexity index is 747. The van der Waals surface area contributed by atoms with Crippen LogP contribution in [0.5, 0.6) is 0 Å². The van der Waals surface area contributed by atoms with E-state index < -0.39 is 29.0 Å². The number of amides is 1. The van der Waals surface area contributed by atoms with Crippen LogP contribution in [0.15, 0.2) is 18.2 Å². The maximum absolute atomic E-state index is 12.9. The van der Waals surface area contributed by atoms with Crippen LogP contribution in [0.2, 0.25) is 0 Å². The predicted molar refractivity (Wildman–Crippen MR) is 91.8 cm³/mol. The second kappa shape index (κ2) is 7.46. The zero-order chi connectivity index (χ0) is 21.6. The molecule has 2 aliphatic heterocycles. The van der Waals surface area contributed by atoms with Gasteiger partial charge in [0.1, 0.15) is 0 Å². The molecule has 2 saturated heterocycles. The van der Waals surface area contributed by atoms with Gasteiger partial charge >= 0.3 is 12.4 Å². The molecule has 2 fully saturated rings. The molecular weight excluding hydrogens is 402 g/mol. The van der Waals surface area contributed by atoms with Crippen molar-refractivity contribution in [3.05, 3.63) is 34.9 Å². The van der Waals surface area contributed by atoms with E-state index >= 15 is 0 Å². The maximum atomic E-state index is 12.9. The monoisotopic (exact) mass is 424 g/mol. The van der Waals surface area contributed by atoms with Gasteiger partial charge in [-0.1, -0.05) is 0 Å². The van der Waals surface area contributed by atoms with Crippen LogP contribution in [0.25, 0.3) is 0 Å². The summed E-state index contributed by atoms with van der Waals surface area (Å²) in [6.45, 7) is 2.10. The minimum atomic E-state index is -4.88. The molecule has 0 spiro atoms. The van der Waals surface area contributed by atoms with Gasteiger partial charge in [0.15, 0.2) is 0 Å². The molecule has 2 heterocycles. The number of carbonyl (C=O) groups excluding carboxylic acids is 1. The highest BCUT2D eigenvalue weighted by Gasteiger charge is 2.51. The Morgan fingerprint density at radius 2 is 1.72 bits per heavy atom. The van der Waals surface area contributed by atoms with Gasteiger partial charge in [-0.25, -0.2) is 0 Å². The highest BCUT2D eigenvalue weighted by molar-refractivity contribution is 5.89. The summed E-state index contributed by atoms with van der Waals surface area (Å²) in [6.07, 6.45) is -8.42. The molecule has 3 rings (SSSR count). The number of benzene rings is 1. The summed E-state index contributed by atoms with van der Waals surface area (Å²) in [4.78, 5) is 14.2. The van der Waals surface area contributed by atoms with Crippen LogP contribution in [0.3, 0.4) is 0 Å². The maximum Gasteiger partial charge on any atom is 0.416 e. The molecule has 10 heteroatoms. The number of halogens is 6. The number of hydrogen-bond acceptors (Lipinski definition) is 3. The van der Waals surface area contributed by atoms with Crippen molar-refractivity contribution >= 4 is 5.91 Å². The highest BCUT2D eigenvalue weighted by Crippen LogP contribution is 2.38. The van der Waals surface area contributed by atoms with Crippen molar-refractivity contribution in [1.82, 2.24) is 10.2 Å². The molecular formula is C19H22F6N2O2. The first kappa shape index (κ1) is 21.9. The summed E-state index contributed by atoms with van der Waals surface area (Å²) < 4.78 is 82.9. The number of carbonyl (C=O) groups is 1. The van der Waals surface area contributed by atoms with Crippen LogP contribution in [-0.4, -0.2) is 42.6 Å². The molecule has 162 valence electrons. The van der Waals surface area contributed by atoms with Gasteiger partial charge in [-0.3, -0.25) is 4.79 Å². The van der Waals surface area contributed by atoms with E-state index in [1.165, 1.54) is 0 Å². The molecule has 2 unspecified atom stereocenters. The highest BCUT2D eigenvalue weighted by atomic mass is 19.4. The number of fused-ring (bicyclic) bond motifs is 1. The van der Waals surface area contributed by atoms with E-state index in [1.54, 1.807) is 11.9 Å². The van der Waals surface area contributed by atoms with Gasteiger partial charge in [-0.2, -0.15) is 26.3 Å². The van der Waals surface area contributed by atoms with E-state index in [0.717, 1.165) is 0 Å². The summed E-state index contributed by atoms with van der Waals surface area (Å²) in [5, 5.41) is 3.03. The van der Waals surface area contributed by atoms with E-state index in [4.69, 9.17) is 4.74 Å². The average molecular weight is 424 g/mol. The van der Waals surface area contributed by atoms with E-state index in [1.807, 2.05) is 6.92 Å². The molecule has 4 nitrogen and oxygen atoms in total. The van der Waals surface area contributed by atoms with Gasteiger partial charge in [0.05, 0.1) is 29.9 Å². The molecule has 1 aromatic rings. The normalized spacial score (nSPS) is 27.6. The van der Waals surface area contributed by atoms with Gasteiger partial charge in [-0.15, -0.1) is 0 Å². The lowest BCUT2D eigenvalue weighted by Gasteiger charge is -2.23. The van der Waals surface area contributed by atoms with Crippen LogP contribution in [0.1, 0.15) is 36.5 Å². The Balaban J connectivity index is 1.61. The Morgan fingerprint density at radius 1 is 1.14 bits per heavy atom. The first-order chi connectivity index (χ1) is 13.3. The standard InChI is InChI=1S/C19H22F6N2O2/c1-17(26-2)7-15-5-12(8-27(15)16(17)28)10-29-9-11-3-13(18(20,21)22)6-14(4-11)19(23,24)25/h3-4,6,12,15,26H,5,7-10H2,1-2H3/t12?,15?,17-/m0/s1. The van der Waals surface area contributed by atoms with Crippen molar-refractivity contribution in [3.63, 3.8) is 0 Å². The van der Waals surface area contributed by atoms with Crippen molar-refractivity contribution in [2.24, 2.45) is 5.92 Å². The fourth-order valence-electron chi connectivity index (χ4n) is 4.11. The van der Waals surface area contributed by atoms with Crippen molar-refractivity contribution in [3.8, 4) is 0 Å². The number of alkyl halides is 6. The average Bonchev–Trinajstić information content (AvgIpc) is 3.10. The first-order valence-electron chi connectivity index (χ1n) is 9.19. The largest absolute Gasteiger partial charge is 0.416 e. The van der Waals surface area contributed by atoms with Crippen molar-refractivity contribution in [1.29, 1.82) is 0 Å². The third-order valence-corrected chi connectivity index (χ3v) is 5.70. The fourth-order valence-corrected chi connectivity index (χ4v) is 4.11. The SMILES string of the molecule is CN[C@@]1(C)CC2CC(COCc3cc(C(F)(F)F)cc(C(F)(F)F)c3)CN2C1=O. The lowest BCUT2D eigenvalue weighted by Crippen LogP contribution is -2.47. The predicted octanol–water partition coefficient (Wildman–Crippen LogP) is 3.84. The summed E-state index contributed by atoms with van der Waals surface area (Å²) >= 11 is 0. The Hall–Kier alpha value is -1.81. The molecule has 0 radical (unpaired) electrons. The van der Waals surface area contributed by atoms with Crippen LogP contribution < -0.4 is 5.32 Å². The summed E-state index contributed by atoms with van der Waals surface area (Å²) in [5.41, 5.74) is -3.50. The Kier molecular flexibility index (Phi) is 5.63. The van der Waals surface area contributed by atoms with Gasteiger partial charge in [0, 0.05) is 18.5 Å². The van der Waals surface area contributed by atoms with Gasteiger partial charge in [-0.05, 0) is 50.6 Å². The minimum absolute atomic E-state index is 0.000183. The van der Waals surface area contributed by atoms with E-state index in [9.17, 15) is 31.1 Å². The quantitative estimate of drug-likeness (QED) is 0.731. The summed E-state index contributed by atoms with van der Waals surface area (Å²) in [7, 11) is 1.73. The van der Waals surface area contributed by atoms with E-state index in [2.05, 4.69) is 5.32 Å². The van der Waals surface area contributed by atoms with Crippen molar-refractivity contribution in [2.45, 2.75) is 50.3 Å². The minimum Gasteiger partial charge on any atom is -0.376 e. The molecule has 2 aliphatic rings. The zero-order valence-corrected chi connectivity index (χ0v) is 16.0. The lowest BCUT2D eigenvalue weighted by molar-refractivity contribution is -0.143. The topological polar surface area (TPSA) is 41.6 Å². The fraction of sp³-hybridized carbons (Fsp3) is 0.632.